The summed E-state index contributed by atoms with van der Waals surface area (Å²) in [6, 6.07) is 7.69. The van der Waals surface area contributed by atoms with Crippen LogP contribution in [0.15, 0.2) is 24.3 Å². The number of carbonyl (C=O) groups is 1. The van der Waals surface area contributed by atoms with E-state index in [2.05, 4.69) is 17.2 Å². The van der Waals surface area contributed by atoms with E-state index in [0.29, 0.717) is 26.1 Å². The van der Waals surface area contributed by atoms with Crippen molar-refractivity contribution in [3.63, 3.8) is 0 Å². The molecule has 0 spiro atoms. The van der Waals surface area contributed by atoms with E-state index < -0.39 is 0 Å². The van der Waals surface area contributed by atoms with E-state index in [-0.39, 0.29) is 5.91 Å². The summed E-state index contributed by atoms with van der Waals surface area (Å²) in [5, 5.41) is 2.83. The van der Waals surface area contributed by atoms with Gasteiger partial charge in [0.05, 0.1) is 13.2 Å². The Morgan fingerprint density at radius 2 is 2.22 bits per heavy atom. The Morgan fingerprint density at radius 1 is 1.44 bits per heavy atom. The Balaban J connectivity index is 2.58. The molecule has 0 heterocycles. The zero-order chi connectivity index (χ0) is 13.2. The summed E-state index contributed by atoms with van der Waals surface area (Å²) in [6.45, 7) is 1.23. The largest absolute Gasteiger partial charge is 0.384 e. The van der Waals surface area contributed by atoms with Gasteiger partial charge in [-0.2, -0.15) is 0 Å². The average Bonchev–Trinajstić information content (AvgIpc) is 2.41. The molecule has 0 bridgehead atoms. The fourth-order valence-electron chi connectivity index (χ4n) is 1.42. The maximum Gasteiger partial charge on any atom is 0.222 e. The van der Waals surface area contributed by atoms with Gasteiger partial charge in [0.25, 0.3) is 0 Å². The first-order chi connectivity index (χ1) is 8.77. The molecule has 1 aromatic carbocycles. The molecule has 3 N–H and O–H groups in total. The number of hydrogen-bond acceptors (Lipinski definition) is 3. The van der Waals surface area contributed by atoms with Gasteiger partial charge in [-0.25, -0.2) is 0 Å². The van der Waals surface area contributed by atoms with Crippen molar-refractivity contribution >= 4 is 5.91 Å². The predicted octanol–water partition coefficient (Wildman–Crippen LogP) is 0.650. The maximum absolute atomic E-state index is 11.5. The van der Waals surface area contributed by atoms with E-state index >= 15 is 0 Å². The van der Waals surface area contributed by atoms with Crippen LogP contribution in [0.5, 0.6) is 0 Å². The number of carbonyl (C=O) groups excluding carboxylic acids is 1. The van der Waals surface area contributed by atoms with Crippen LogP contribution in [-0.4, -0.2) is 26.2 Å². The van der Waals surface area contributed by atoms with Gasteiger partial charge in [0.1, 0.15) is 0 Å². The fraction of sp³-hybridized carbons (Fsp3) is 0.357. The lowest BCUT2D eigenvalue weighted by molar-refractivity contribution is -0.122. The van der Waals surface area contributed by atoms with Crippen molar-refractivity contribution in [2.75, 3.05) is 20.3 Å². The number of benzene rings is 1. The van der Waals surface area contributed by atoms with Crippen LogP contribution >= 0.6 is 0 Å². The lowest BCUT2D eigenvalue weighted by Crippen LogP contribution is -2.24. The third-order valence-corrected chi connectivity index (χ3v) is 2.35. The topological polar surface area (TPSA) is 64.3 Å². The zero-order valence-electron chi connectivity index (χ0n) is 10.5. The van der Waals surface area contributed by atoms with Gasteiger partial charge in [-0.05, 0) is 11.6 Å². The molecule has 0 saturated heterocycles. The van der Waals surface area contributed by atoms with Gasteiger partial charge in [0, 0.05) is 25.6 Å². The van der Waals surface area contributed by atoms with Crippen LogP contribution in [0.1, 0.15) is 17.5 Å². The van der Waals surface area contributed by atoms with Gasteiger partial charge in [0.2, 0.25) is 5.91 Å². The SMILES string of the molecule is COCCC(=O)NCc1ccccc1C#CCN. The van der Waals surface area contributed by atoms with Gasteiger partial charge < -0.3 is 15.8 Å². The number of ether oxygens (including phenoxy) is 1. The normalized spacial score (nSPS) is 9.44. The second-order valence-electron chi connectivity index (χ2n) is 3.68. The molecule has 0 saturated carbocycles. The highest BCUT2D eigenvalue weighted by Crippen LogP contribution is 2.06. The Bertz CT molecular complexity index is 447. The van der Waals surface area contributed by atoms with Gasteiger partial charge in [0.15, 0.2) is 0 Å². The summed E-state index contributed by atoms with van der Waals surface area (Å²) < 4.78 is 4.84. The standard InChI is InChI=1S/C14H18N2O2/c1-18-10-8-14(17)16-11-13-6-3-2-5-12(13)7-4-9-15/h2-3,5-6H,8-11,15H2,1H3,(H,16,17). The van der Waals surface area contributed by atoms with Crippen LogP contribution in [0.25, 0.3) is 0 Å². The Hall–Kier alpha value is -1.83. The summed E-state index contributed by atoms with van der Waals surface area (Å²) >= 11 is 0. The Labute approximate surface area is 108 Å². The van der Waals surface area contributed by atoms with Crippen molar-refractivity contribution in [2.24, 2.45) is 5.73 Å². The molecular formula is C14H18N2O2. The second-order valence-corrected chi connectivity index (χ2v) is 3.68. The van der Waals surface area contributed by atoms with Crippen molar-refractivity contribution in [1.82, 2.24) is 5.32 Å². The average molecular weight is 246 g/mol. The first kappa shape index (κ1) is 14.2. The third kappa shape index (κ3) is 5.00. The molecule has 96 valence electrons. The van der Waals surface area contributed by atoms with E-state index in [9.17, 15) is 4.79 Å². The molecule has 0 aromatic heterocycles. The number of rotatable bonds is 5. The van der Waals surface area contributed by atoms with Crippen LogP contribution in [0.2, 0.25) is 0 Å². The molecule has 4 heteroatoms. The molecular weight excluding hydrogens is 228 g/mol. The summed E-state index contributed by atoms with van der Waals surface area (Å²) in [5.41, 5.74) is 7.23. The molecule has 1 rings (SSSR count). The molecule has 18 heavy (non-hydrogen) atoms. The number of nitrogens with one attached hydrogen (secondary N) is 1. The molecule has 0 aliphatic carbocycles. The predicted molar refractivity (Wildman–Crippen MR) is 70.7 cm³/mol. The highest BCUT2D eigenvalue weighted by atomic mass is 16.5. The fourth-order valence-corrected chi connectivity index (χ4v) is 1.42. The van der Waals surface area contributed by atoms with Crippen LogP contribution in [0, 0.1) is 11.8 Å². The van der Waals surface area contributed by atoms with E-state index in [1.807, 2.05) is 24.3 Å². The van der Waals surface area contributed by atoms with Gasteiger partial charge in [-0.15, -0.1) is 0 Å². The van der Waals surface area contributed by atoms with Gasteiger partial charge in [-0.3, -0.25) is 4.79 Å². The first-order valence-electron chi connectivity index (χ1n) is 5.80. The van der Waals surface area contributed by atoms with Crippen molar-refractivity contribution in [3.05, 3.63) is 35.4 Å². The minimum atomic E-state index is -0.0292. The van der Waals surface area contributed by atoms with E-state index in [1.54, 1.807) is 7.11 Å². The zero-order valence-corrected chi connectivity index (χ0v) is 10.5. The molecule has 4 nitrogen and oxygen atoms in total. The Morgan fingerprint density at radius 3 is 2.94 bits per heavy atom. The van der Waals surface area contributed by atoms with Crippen molar-refractivity contribution in [3.8, 4) is 11.8 Å². The highest BCUT2D eigenvalue weighted by molar-refractivity contribution is 5.76. The summed E-state index contributed by atoms with van der Waals surface area (Å²) in [6.07, 6.45) is 0.368. The molecule has 1 aromatic rings. The van der Waals surface area contributed by atoms with Gasteiger partial charge >= 0.3 is 0 Å². The number of hydrogen-bond donors (Lipinski definition) is 2. The van der Waals surface area contributed by atoms with Crippen molar-refractivity contribution < 1.29 is 9.53 Å². The van der Waals surface area contributed by atoms with Crippen LogP contribution in [0.4, 0.5) is 0 Å². The highest BCUT2D eigenvalue weighted by Gasteiger charge is 2.03. The van der Waals surface area contributed by atoms with E-state index in [4.69, 9.17) is 10.5 Å². The van der Waals surface area contributed by atoms with Gasteiger partial charge in [-0.1, -0.05) is 30.0 Å². The number of amides is 1. The molecule has 0 atom stereocenters. The summed E-state index contributed by atoms with van der Waals surface area (Å²) in [4.78, 5) is 11.5. The van der Waals surface area contributed by atoms with Crippen molar-refractivity contribution in [2.45, 2.75) is 13.0 Å². The monoisotopic (exact) mass is 246 g/mol. The second kappa shape index (κ2) is 8.29. The van der Waals surface area contributed by atoms with Crippen molar-refractivity contribution in [1.29, 1.82) is 0 Å². The van der Waals surface area contributed by atoms with Crippen LogP contribution in [-0.2, 0) is 16.1 Å². The third-order valence-electron chi connectivity index (χ3n) is 2.35. The minimum Gasteiger partial charge on any atom is -0.384 e. The molecule has 0 aliphatic heterocycles. The molecule has 0 aliphatic rings. The van der Waals surface area contributed by atoms with E-state index in [1.165, 1.54) is 0 Å². The quantitative estimate of drug-likeness (QED) is 0.750. The smallest absolute Gasteiger partial charge is 0.222 e. The lowest BCUT2D eigenvalue weighted by atomic mass is 10.1. The number of methoxy groups -OCH3 is 1. The van der Waals surface area contributed by atoms with Crippen LogP contribution in [0.3, 0.4) is 0 Å². The summed E-state index contributed by atoms with van der Waals surface area (Å²) in [5.74, 6) is 5.77. The summed E-state index contributed by atoms with van der Waals surface area (Å²) in [7, 11) is 1.57. The van der Waals surface area contributed by atoms with E-state index in [0.717, 1.165) is 11.1 Å². The first-order valence-corrected chi connectivity index (χ1v) is 5.80. The Kier molecular flexibility index (Phi) is 6.55. The molecule has 1 amide bonds. The molecule has 0 radical (unpaired) electrons. The van der Waals surface area contributed by atoms with Crippen LogP contribution < -0.4 is 11.1 Å². The maximum atomic E-state index is 11.5. The molecule has 0 fully saturated rings. The minimum absolute atomic E-state index is 0.0292. The lowest BCUT2D eigenvalue weighted by Gasteiger charge is -2.07. The number of nitrogens with two attached hydrogens (primary N) is 1. The molecule has 0 unspecified atom stereocenters.